The molecule has 7 heteroatoms. The van der Waals surface area contributed by atoms with Gasteiger partial charge in [0.15, 0.2) is 5.96 Å². The van der Waals surface area contributed by atoms with Gasteiger partial charge in [-0.25, -0.2) is 4.39 Å². The molecule has 0 radical (unpaired) electrons. The number of hydrogen-bond donors (Lipinski definition) is 2. The molecule has 25 heavy (non-hydrogen) atoms. The lowest BCUT2D eigenvalue weighted by molar-refractivity contribution is 0.0220. The predicted octanol–water partition coefficient (Wildman–Crippen LogP) is 2.41. The van der Waals surface area contributed by atoms with E-state index >= 15 is 0 Å². The second kappa shape index (κ2) is 10.7. The second-order valence-corrected chi connectivity index (χ2v) is 7.05. The monoisotopic (exact) mass is 414 g/mol. The molecule has 0 amide bonds. The zero-order chi connectivity index (χ0) is 18.1. The van der Waals surface area contributed by atoms with Crippen molar-refractivity contribution in [2.24, 2.45) is 4.99 Å². The van der Waals surface area contributed by atoms with Crippen LogP contribution in [0.25, 0.3) is 0 Å². The Morgan fingerprint density at radius 1 is 1.36 bits per heavy atom. The molecule has 1 aliphatic heterocycles. The highest BCUT2D eigenvalue weighted by molar-refractivity contribution is 9.10. The zero-order valence-corrected chi connectivity index (χ0v) is 16.6. The van der Waals surface area contributed by atoms with Gasteiger partial charge in [-0.1, -0.05) is 15.9 Å². The number of aliphatic imine (C=N–C) groups is 1. The maximum atomic E-state index is 13.8. The molecule has 5 nitrogen and oxygen atoms in total. The van der Waals surface area contributed by atoms with Gasteiger partial charge in [0.1, 0.15) is 5.82 Å². The van der Waals surface area contributed by atoms with E-state index in [0.29, 0.717) is 24.6 Å². The molecule has 0 saturated carbocycles. The summed E-state index contributed by atoms with van der Waals surface area (Å²) in [6, 6.07) is 5.40. The molecule has 1 heterocycles. The fraction of sp³-hybridized carbons (Fsp3) is 0.611. The van der Waals surface area contributed by atoms with Crippen LogP contribution in [0.4, 0.5) is 4.39 Å². The molecule has 1 aliphatic rings. The number of rotatable bonds is 7. The Hall–Kier alpha value is -1.18. The number of halogens is 2. The highest BCUT2D eigenvalue weighted by Gasteiger charge is 2.16. The fourth-order valence-corrected chi connectivity index (χ4v) is 3.16. The third-order valence-electron chi connectivity index (χ3n) is 4.22. The van der Waals surface area contributed by atoms with Crippen molar-refractivity contribution in [3.05, 3.63) is 34.1 Å². The Morgan fingerprint density at radius 3 is 2.84 bits per heavy atom. The van der Waals surface area contributed by atoms with E-state index in [2.05, 4.69) is 43.4 Å². The van der Waals surface area contributed by atoms with Crippen LogP contribution >= 0.6 is 15.9 Å². The molecule has 1 fully saturated rings. The normalized spacial score (nSPS) is 17.4. The molecular weight excluding hydrogens is 387 g/mol. The smallest absolute Gasteiger partial charge is 0.191 e. The van der Waals surface area contributed by atoms with Crippen LogP contribution in [0.15, 0.2) is 27.7 Å². The molecule has 0 aromatic heterocycles. The van der Waals surface area contributed by atoms with Gasteiger partial charge in [-0.3, -0.25) is 9.89 Å². The number of guanidine groups is 1. The first kappa shape index (κ1) is 20.1. The summed E-state index contributed by atoms with van der Waals surface area (Å²) in [5.41, 5.74) is 0.694. The van der Waals surface area contributed by atoms with Crippen LogP contribution in [-0.4, -0.2) is 62.8 Å². The third kappa shape index (κ3) is 6.92. The van der Waals surface area contributed by atoms with Gasteiger partial charge in [-0.15, -0.1) is 0 Å². The molecule has 1 unspecified atom stereocenters. The second-order valence-electron chi connectivity index (χ2n) is 6.13. The standard InChI is InChI=1S/C18H28BrFN4O/c1-3-21-18(23-13-14(2)24-8-10-25-11-9-24)22-7-6-15-12-16(19)4-5-17(15)20/h4-5,12,14H,3,6-11,13H2,1-2H3,(H2,21,22,23). The molecular formula is C18H28BrFN4O. The van der Waals surface area contributed by atoms with Gasteiger partial charge in [0, 0.05) is 36.7 Å². The van der Waals surface area contributed by atoms with Crippen molar-refractivity contribution in [3.8, 4) is 0 Å². The van der Waals surface area contributed by atoms with E-state index in [1.165, 1.54) is 6.07 Å². The highest BCUT2D eigenvalue weighted by atomic mass is 79.9. The lowest BCUT2D eigenvalue weighted by atomic mass is 10.1. The minimum Gasteiger partial charge on any atom is -0.379 e. The topological polar surface area (TPSA) is 48.9 Å². The first-order valence-electron chi connectivity index (χ1n) is 8.88. The van der Waals surface area contributed by atoms with E-state index < -0.39 is 0 Å². The first-order valence-corrected chi connectivity index (χ1v) is 9.67. The van der Waals surface area contributed by atoms with Crippen molar-refractivity contribution in [2.75, 3.05) is 45.9 Å². The lowest BCUT2D eigenvalue weighted by Crippen LogP contribution is -2.44. The van der Waals surface area contributed by atoms with Crippen molar-refractivity contribution >= 4 is 21.9 Å². The van der Waals surface area contributed by atoms with E-state index in [9.17, 15) is 4.39 Å². The maximum absolute atomic E-state index is 13.8. The third-order valence-corrected chi connectivity index (χ3v) is 4.71. The van der Waals surface area contributed by atoms with E-state index in [-0.39, 0.29) is 5.82 Å². The Morgan fingerprint density at radius 2 is 2.12 bits per heavy atom. The molecule has 1 atom stereocenters. The summed E-state index contributed by atoms with van der Waals surface area (Å²) in [7, 11) is 0. The molecule has 2 rings (SSSR count). The van der Waals surface area contributed by atoms with Crippen molar-refractivity contribution in [1.82, 2.24) is 15.5 Å². The summed E-state index contributed by atoms with van der Waals surface area (Å²) < 4.78 is 20.1. The van der Waals surface area contributed by atoms with Crippen molar-refractivity contribution in [2.45, 2.75) is 26.3 Å². The minimum absolute atomic E-state index is 0.173. The Balaban J connectivity index is 1.83. The zero-order valence-electron chi connectivity index (χ0n) is 15.0. The lowest BCUT2D eigenvalue weighted by Gasteiger charge is -2.31. The predicted molar refractivity (Wildman–Crippen MR) is 104 cm³/mol. The minimum atomic E-state index is -0.173. The van der Waals surface area contributed by atoms with Crippen LogP contribution in [0.2, 0.25) is 0 Å². The summed E-state index contributed by atoms with van der Waals surface area (Å²) in [5.74, 6) is 0.603. The van der Waals surface area contributed by atoms with Crippen molar-refractivity contribution in [3.63, 3.8) is 0 Å². The van der Waals surface area contributed by atoms with Crippen LogP contribution in [0.5, 0.6) is 0 Å². The number of nitrogens with zero attached hydrogens (tertiary/aromatic N) is 2. The summed E-state index contributed by atoms with van der Waals surface area (Å²) in [5, 5.41) is 6.53. The molecule has 0 spiro atoms. The van der Waals surface area contributed by atoms with Crippen LogP contribution in [0.3, 0.4) is 0 Å². The van der Waals surface area contributed by atoms with E-state index in [1.54, 1.807) is 6.07 Å². The van der Waals surface area contributed by atoms with E-state index in [0.717, 1.165) is 49.8 Å². The van der Waals surface area contributed by atoms with Gasteiger partial charge >= 0.3 is 0 Å². The highest BCUT2D eigenvalue weighted by Crippen LogP contribution is 2.15. The first-order chi connectivity index (χ1) is 12.1. The van der Waals surface area contributed by atoms with Gasteiger partial charge in [0.05, 0.1) is 19.8 Å². The molecule has 1 saturated heterocycles. The molecule has 2 N–H and O–H groups in total. The molecule has 0 bridgehead atoms. The SMILES string of the molecule is CCNC(=NCC(C)N1CCOCC1)NCCc1cc(Br)ccc1F. The van der Waals surface area contributed by atoms with Gasteiger partial charge in [-0.2, -0.15) is 0 Å². The summed E-state index contributed by atoms with van der Waals surface area (Å²) >= 11 is 3.38. The Bertz CT molecular complexity index is 564. The van der Waals surface area contributed by atoms with Gasteiger partial charge in [0.2, 0.25) is 0 Å². The van der Waals surface area contributed by atoms with Crippen LogP contribution in [0, 0.1) is 5.82 Å². The van der Waals surface area contributed by atoms with Crippen LogP contribution in [-0.2, 0) is 11.2 Å². The fourth-order valence-electron chi connectivity index (χ4n) is 2.75. The van der Waals surface area contributed by atoms with Crippen molar-refractivity contribution < 1.29 is 9.13 Å². The number of hydrogen-bond acceptors (Lipinski definition) is 3. The average Bonchev–Trinajstić information content (AvgIpc) is 2.63. The quantitative estimate of drug-likeness (QED) is 0.531. The van der Waals surface area contributed by atoms with Gasteiger partial charge < -0.3 is 15.4 Å². The summed E-state index contributed by atoms with van der Waals surface area (Å²) in [4.78, 5) is 7.06. The van der Waals surface area contributed by atoms with Gasteiger partial charge in [0.25, 0.3) is 0 Å². The Labute approximate surface area is 158 Å². The van der Waals surface area contributed by atoms with Gasteiger partial charge in [-0.05, 0) is 44.0 Å². The maximum Gasteiger partial charge on any atom is 0.191 e. The summed E-state index contributed by atoms with van der Waals surface area (Å²) in [6.45, 7) is 9.89. The average molecular weight is 415 g/mol. The number of nitrogens with one attached hydrogen (secondary N) is 2. The van der Waals surface area contributed by atoms with Crippen LogP contribution < -0.4 is 10.6 Å². The van der Waals surface area contributed by atoms with E-state index in [1.807, 2.05) is 13.0 Å². The van der Waals surface area contributed by atoms with Crippen molar-refractivity contribution in [1.29, 1.82) is 0 Å². The molecule has 1 aromatic carbocycles. The molecule has 140 valence electrons. The Kier molecular flexibility index (Phi) is 8.64. The summed E-state index contributed by atoms with van der Waals surface area (Å²) in [6.07, 6.45) is 0.606. The van der Waals surface area contributed by atoms with Crippen LogP contribution in [0.1, 0.15) is 19.4 Å². The van der Waals surface area contributed by atoms with E-state index in [4.69, 9.17) is 4.74 Å². The number of morpholine rings is 1. The molecule has 0 aliphatic carbocycles. The largest absolute Gasteiger partial charge is 0.379 e. The number of ether oxygens (including phenoxy) is 1. The molecule has 1 aromatic rings. The number of benzene rings is 1.